The van der Waals surface area contributed by atoms with Crippen molar-refractivity contribution in [2.75, 3.05) is 5.32 Å². The summed E-state index contributed by atoms with van der Waals surface area (Å²) in [5.74, 6) is 0.257. The molecule has 0 unspecified atom stereocenters. The van der Waals surface area contributed by atoms with E-state index in [1.165, 1.54) is 13.1 Å². The molecule has 5 heteroatoms. The number of nitrogens with one attached hydrogen (secondary N) is 2. The second kappa shape index (κ2) is 3.53. The topological polar surface area (TPSA) is 74.8 Å². The van der Waals surface area contributed by atoms with Gasteiger partial charge in [0.2, 0.25) is 5.91 Å². The molecule has 0 saturated carbocycles. The van der Waals surface area contributed by atoms with Crippen LogP contribution in [0.4, 0.5) is 5.82 Å². The van der Waals surface area contributed by atoms with Gasteiger partial charge in [0.1, 0.15) is 5.82 Å². The monoisotopic (exact) mass is 203 g/mol. The Morgan fingerprint density at radius 1 is 1.53 bits per heavy atom. The highest BCUT2D eigenvalue weighted by molar-refractivity contribution is 5.90. The summed E-state index contributed by atoms with van der Waals surface area (Å²) < 4.78 is 0. The molecule has 2 heterocycles. The highest BCUT2D eigenvalue weighted by Gasteiger charge is 2.01. The van der Waals surface area contributed by atoms with E-state index in [4.69, 9.17) is 0 Å². The lowest BCUT2D eigenvalue weighted by molar-refractivity contribution is -0.114. The van der Waals surface area contributed by atoms with Gasteiger partial charge in [-0.3, -0.25) is 9.59 Å². The zero-order valence-electron chi connectivity index (χ0n) is 8.07. The van der Waals surface area contributed by atoms with Crippen molar-refractivity contribution in [2.45, 2.75) is 6.92 Å². The molecular weight excluding hydrogens is 194 g/mol. The molecule has 0 aliphatic carbocycles. The van der Waals surface area contributed by atoms with Crippen LogP contribution in [-0.4, -0.2) is 15.9 Å². The molecule has 0 aromatic carbocycles. The average molecular weight is 203 g/mol. The van der Waals surface area contributed by atoms with Crippen LogP contribution in [0, 0.1) is 0 Å². The Kier molecular flexibility index (Phi) is 2.21. The van der Waals surface area contributed by atoms with Crippen LogP contribution in [0.2, 0.25) is 0 Å². The van der Waals surface area contributed by atoms with E-state index in [9.17, 15) is 9.59 Å². The van der Waals surface area contributed by atoms with Gasteiger partial charge in [0, 0.05) is 19.3 Å². The molecule has 15 heavy (non-hydrogen) atoms. The summed E-state index contributed by atoms with van der Waals surface area (Å²) in [7, 11) is 0. The molecule has 0 atom stereocenters. The lowest BCUT2D eigenvalue weighted by Crippen LogP contribution is -2.09. The molecule has 0 spiro atoms. The summed E-state index contributed by atoms with van der Waals surface area (Å²) in [5, 5.41) is 3.81. The lowest BCUT2D eigenvalue weighted by Gasteiger charge is -2.01. The zero-order valence-corrected chi connectivity index (χ0v) is 8.07. The summed E-state index contributed by atoms with van der Waals surface area (Å²) in [5.41, 5.74) is -0.186. The number of amides is 1. The van der Waals surface area contributed by atoms with Gasteiger partial charge in [0.05, 0.1) is 5.39 Å². The molecule has 1 amide bonds. The molecule has 0 aliphatic rings. The number of nitrogens with zero attached hydrogens (tertiary/aromatic N) is 1. The third-order valence-corrected chi connectivity index (χ3v) is 1.96. The Labute approximate surface area is 85.2 Å². The van der Waals surface area contributed by atoms with Gasteiger partial charge in [-0.1, -0.05) is 0 Å². The minimum absolute atomic E-state index is 0.186. The van der Waals surface area contributed by atoms with Crippen LogP contribution in [0.25, 0.3) is 10.8 Å². The molecule has 2 rings (SSSR count). The second-order valence-electron chi connectivity index (χ2n) is 3.14. The summed E-state index contributed by atoms with van der Waals surface area (Å²) in [6, 6.07) is 3.41. The highest BCUT2D eigenvalue weighted by atomic mass is 16.1. The number of carbonyl (C=O) groups excluding carboxylic acids is 1. The molecule has 0 aliphatic heterocycles. The van der Waals surface area contributed by atoms with Crippen molar-refractivity contribution in [1.29, 1.82) is 0 Å². The van der Waals surface area contributed by atoms with Crippen molar-refractivity contribution in [3.8, 4) is 0 Å². The molecule has 0 radical (unpaired) electrons. The van der Waals surface area contributed by atoms with Crippen molar-refractivity contribution < 1.29 is 4.79 Å². The van der Waals surface area contributed by atoms with Gasteiger partial charge in [-0.15, -0.1) is 0 Å². The number of anilines is 1. The first-order chi connectivity index (χ1) is 7.16. The van der Waals surface area contributed by atoms with Gasteiger partial charge in [0.25, 0.3) is 5.56 Å². The number of carbonyl (C=O) groups is 1. The summed E-state index contributed by atoms with van der Waals surface area (Å²) in [6.07, 6.45) is 3.00. The maximum Gasteiger partial charge on any atom is 0.257 e. The van der Waals surface area contributed by atoms with Gasteiger partial charge >= 0.3 is 0 Å². The Morgan fingerprint density at radius 2 is 2.33 bits per heavy atom. The Hall–Kier alpha value is -2.17. The Bertz CT molecular complexity index is 574. The lowest BCUT2D eigenvalue weighted by atomic mass is 10.2. The number of hydrogen-bond acceptors (Lipinski definition) is 3. The van der Waals surface area contributed by atoms with Crippen LogP contribution in [0.3, 0.4) is 0 Å². The van der Waals surface area contributed by atoms with E-state index in [2.05, 4.69) is 15.3 Å². The third-order valence-electron chi connectivity index (χ3n) is 1.96. The molecule has 0 saturated heterocycles. The third kappa shape index (κ3) is 1.85. The minimum atomic E-state index is -0.188. The highest BCUT2D eigenvalue weighted by Crippen LogP contribution is 2.12. The van der Waals surface area contributed by atoms with E-state index in [1.54, 1.807) is 18.3 Å². The summed E-state index contributed by atoms with van der Waals surface area (Å²) in [4.78, 5) is 28.6. The summed E-state index contributed by atoms with van der Waals surface area (Å²) >= 11 is 0. The second-order valence-corrected chi connectivity index (χ2v) is 3.14. The Morgan fingerprint density at radius 3 is 3.07 bits per heavy atom. The fraction of sp³-hybridized carbons (Fsp3) is 0.100. The van der Waals surface area contributed by atoms with Gasteiger partial charge in [0.15, 0.2) is 0 Å². The molecule has 5 nitrogen and oxygen atoms in total. The molecule has 0 fully saturated rings. The van der Waals surface area contributed by atoms with Crippen LogP contribution in [0.1, 0.15) is 6.92 Å². The number of aromatic nitrogens is 2. The quantitative estimate of drug-likeness (QED) is 0.722. The number of rotatable bonds is 1. The fourth-order valence-corrected chi connectivity index (χ4v) is 1.33. The molecule has 0 bridgehead atoms. The number of fused-ring (bicyclic) bond motifs is 1. The predicted molar refractivity (Wildman–Crippen MR) is 56.7 cm³/mol. The number of hydrogen-bond donors (Lipinski definition) is 2. The predicted octanol–water partition coefficient (Wildman–Crippen LogP) is 0.881. The van der Waals surface area contributed by atoms with Gasteiger partial charge < -0.3 is 10.3 Å². The van der Waals surface area contributed by atoms with E-state index in [0.717, 1.165) is 5.39 Å². The van der Waals surface area contributed by atoms with Crippen molar-refractivity contribution >= 4 is 22.5 Å². The number of aromatic amines is 1. The van der Waals surface area contributed by atoms with E-state index in [1.807, 2.05) is 0 Å². The average Bonchev–Trinajstić information content (AvgIpc) is 2.17. The van der Waals surface area contributed by atoms with Crippen LogP contribution >= 0.6 is 0 Å². The van der Waals surface area contributed by atoms with E-state index in [0.29, 0.717) is 11.2 Å². The van der Waals surface area contributed by atoms with E-state index in [-0.39, 0.29) is 11.5 Å². The molecule has 76 valence electrons. The number of H-pyrrole nitrogens is 1. The van der Waals surface area contributed by atoms with Crippen molar-refractivity contribution in [1.82, 2.24) is 9.97 Å². The van der Waals surface area contributed by atoms with Crippen molar-refractivity contribution in [3.63, 3.8) is 0 Å². The first-order valence-electron chi connectivity index (χ1n) is 4.42. The van der Waals surface area contributed by atoms with Crippen molar-refractivity contribution in [2.24, 2.45) is 0 Å². The molecule has 2 N–H and O–H groups in total. The SMILES string of the molecule is CC(=O)Nc1cc2cc[nH]c(=O)c2cn1. The smallest absolute Gasteiger partial charge is 0.257 e. The Balaban J connectivity index is 2.57. The van der Waals surface area contributed by atoms with Crippen LogP contribution in [-0.2, 0) is 4.79 Å². The first kappa shape index (κ1) is 9.39. The molecular formula is C10H9N3O2. The van der Waals surface area contributed by atoms with Gasteiger partial charge in [-0.2, -0.15) is 0 Å². The van der Waals surface area contributed by atoms with Crippen LogP contribution in [0.15, 0.2) is 29.3 Å². The largest absolute Gasteiger partial charge is 0.329 e. The normalized spacial score (nSPS) is 10.2. The number of pyridine rings is 2. The van der Waals surface area contributed by atoms with Crippen LogP contribution in [0.5, 0.6) is 0 Å². The molecule has 2 aromatic rings. The van der Waals surface area contributed by atoms with Crippen molar-refractivity contribution in [3.05, 3.63) is 34.9 Å². The summed E-state index contributed by atoms with van der Waals surface area (Å²) in [6.45, 7) is 1.41. The minimum Gasteiger partial charge on any atom is -0.329 e. The zero-order chi connectivity index (χ0) is 10.8. The maximum atomic E-state index is 11.3. The standard InChI is InChI=1S/C10H9N3O2/c1-6(14)13-9-4-7-2-3-11-10(15)8(7)5-12-9/h2-5H,1H3,(H,11,15)(H,12,13,14). The molecule has 2 aromatic heterocycles. The van der Waals surface area contributed by atoms with Crippen LogP contribution < -0.4 is 10.9 Å². The maximum absolute atomic E-state index is 11.3. The first-order valence-corrected chi connectivity index (χ1v) is 4.42. The fourth-order valence-electron chi connectivity index (χ4n) is 1.33. The van der Waals surface area contributed by atoms with Gasteiger partial charge in [-0.25, -0.2) is 4.98 Å². The van der Waals surface area contributed by atoms with E-state index < -0.39 is 0 Å². The van der Waals surface area contributed by atoms with Gasteiger partial charge in [-0.05, 0) is 17.5 Å². The van der Waals surface area contributed by atoms with E-state index >= 15 is 0 Å².